The van der Waals surface area contributed by atoms with Crippen molar-refractivity contribution in [2.45, 2.75) is 57.8 Å². The molecule has 1 aliphatic rings. The fourth-order valence-corrected chi connectivity index (χ4v) is 4.48. The molecule has 1 aliphatic carbocycles. The number of hydrogen-bond acceptors (Lipinski definition) is 0. The van der Waals surface area contributed by atoms with Gasteiger partial charge in [-0.25, -0.2) is 13.2 Å². The third-order valence-electron chi connectivity index (χ3n) is 6.27. The van der Waals surface area contributed by atoms with E-state index in [0.717, 1.165) is 48.9 Å². The van der Waals surface area contributed by atoms with Gasteiger partial charge in [-0.05, 0) is 90.1 Å². The summed E-state index contributed by atoms with van der Waals surface area (Å²) in [7, 11) is 0. The zero-order chi connectivity index (χ0) is 21.1. The van der Waals surface area contributed by atoms with E-state index in [1.54, 1.807) is 6.07 Å². The molecule has 30 heavy (non-hydrogen) atoms. The highest BCUT2D eigenvalue weighted by Crippen LogP contribution is 2.36. The summed E-state index contributed by atoms with van der Waals surface area (Å²) in [5, 5.41) is 0. The molecule has 3 aromatic carbocycles. The normalized spacial score (nSPS) is 15.8. The van der Waals surface area contributed by atoms with E-state index in [1.165, 1.54) is 36.5 Å². The van der Waals surface area contributed by atoms with Crippen LogP contribution in [0.25, 0.3) is 11.1 Å². The van der Waals surface area contributed by atoms with Crippen molar-refractivity contribution >= 4 is 0 Å². The summed E-state index contributed by atoms with van der Waals surface area (Å²) in [6, 6.07) is 15.8. The predicted octanol–water partition coefficient (Wildman–Crippen LogP) is 7.78. The molecule has 0 saturated heterocycles. The van der Waals surface area contributed by atoms with Gasteiger partial charge in [-0.3, -0.25) is 0 Å². The lowest BCUT2D eigenvalue weighted by molar-refractivity contribution is 0.509. The largest absolute Gasteiger partial charge is 0.206 e. The highest BCUT2D eigenvalue weighted by molar-refractivity contribution is 5.66. The summed E-state index contributed by atoms with van der Waals surface area (Å²) in [5.74, 6) is -1.87. The average molecular weight is 409 g/mol. The van der Waals surface area contributed by atoms with Gasteiger partial charge in [0.1, 0.15) is 5.82 Å². The topological polar surface area (TPSA) is 0 Å². The number of benzene rings is 3. The third-order valence-corrected chi connectivity index (χ3v) is 6.27. The van der Waals surface area contributed by atoms with Crippen LogP contribution in [0.2, 0.25) is 0 Å². The minimum atomic E-state index is -0.956. The first-order valence-corrected chi connectivity index (χ1v) is 10.9. The highest BCUT2D eigenvalue weighted by atomic mass is 19.2. The van der Waals surface area contributed by atoms with Gasteiger partial charge < -0.3 is 0 Å². The van der Waals surface area contributed by atoms with Gasteiger partial charge in [0, 0.05) is 5.56 Å². The van der Waals surface area contributed by atoms with Crippen LogP contribution in [0, 0.1) is 17.5 Å². The standard InChI is InChI=1S/C27H27F3/c1-2-3-4-5-18-6-8-19(9-7-18)20-10-11-21-15-24(26(29)17-23(21)14-20)22-12-13-25(28)27(30)16-22/h6-9,12-13,15-17,20H,2-5,10-11,14H2,1H3. The lowest BCUT2D eigenvalue weighted by Crippen LogP contribution is -2.13. The van der Waals surface area contributed by atoms with Crippen molar-refractivity contribution < 1.29 is 13.2 Å². The first-order chi connectivity index (χ1) is 14.5. The first-order valence-electron chi connectivity index (χ1n) is 10.9. The number of aryl methyl sites for hydroxylation is 2. The van der Waals surface area contributed by atoms with E-state index in [0.29, 0.717) is 17.0 Å². The Kier molecular flexibility index (Phi) is 6.26. The summed E-state index contributed by atoms with van der Waals surface area (Å²) in [6.45, 7) is 2.22. The maximum absolute atomic E-state index is 14.8. The molecule has 0 bridgehead atoms. The molecule has 3 heteroatoms. The summed E-state index contributed by atoms with van der Waals surface area (Å²) in [5.41, 5.74) is 5.51. The van der Waals surface area contributed by atoms with Crippen LogP contribution in [0.3, 0.4) is 0 Å². The van der Waals surface area contributed by atoms with Gasteiger partial charge in [0.25, 0.3) is 0 Å². The summed E-state index contributed by atoms with van der Waals surface area (Å²) < 4.78 is 41.6. The van der Waals surface area contributed by atoms with Crippen molar-refractivity contribution in [2.75, 3.05) is 0 Å². The molecule has 0 nitrogen and oxygen atoms in total. The van der Waals surface area contributed by atoms with Crippen molar-refractivity contribution in [3.8, 4) is 11.1 Å². The van der Waals surface area contributed by atoms with Crippen LogP contribution in [-0.2, 0) is 19.3 Å². The molecule has 0 saturated carbocycles. The van der Waals surface area contributed by atoms with Gasteiger partial charge in [0.05, 0.1) is 0 Å². The molecule has 0 aromatic heterocycles. The van der Waals surface area contributed by atoms with Crippen molar-refractivity contribution in [3.63, 3.8) is 0 Å². The van der Waals surface area contributed by atoms with Crippen LogP contribution in [0.4, 0.5) is 13.2 Å². The van der Waals surface area contributed by atoms with Crippen LogP contribution in [-0.4, -0.2) is 0 Å². The Morgan fingerprint density at radius 1 is 0.800 bits per heavy atom. The van der Waals surface area contributed by atoms with E-state index < -0.39 is 11.6 Å². The molecular formula is C27H27F3. The molecule has 0 amide bonds. The number of hydrogen-bond donors (Lipinski definition) is 0. The maximum Gasteiger partial charge on any atom is 0.159 e. The maximum atomic E-state index is 14.8. The summed E-state index contributed by atoms with van der Waals surface area (Å²) in [4.78, 5) is 0. The Morgan fingerprint density at radius 2 is 1.60 bits per heavy atom. The van der Waals surface area contributed by atoms with Crippen LogP contribution >= 0.6 is 0 Å². The van der Waals surface area contributed by atoms with Gasteiger partial charge in [-0.15, -0.1) is 0 Å². The second kappa shape index (κ2) is 9.07. The molecule has 4 rings (SSSR count). The molecule has 1 unspecified atom stereocenters. The van der Waals surface area contributed by atoms with Gasteiger partial charge in [-0.2, -0.15) is 0 Å². The Hall–Kier alpha value is -2.55. The van der Waals surface area contributed by atoms with Crippen LogP contribution in [0.1, 0.15) is 60.8 Å². The van der Waals surface area contributed by atoms with E-state index >= 15 is 0 Å². The highest BCUT2D eigenvalue weighted by Gasteiger charge is 2.22. The zero-order valence-electron chi connectivity index (χ0n) is 17.4. The Labute approximate surface area is 176 Å². The van der Waals surface area contributed by atoms with Crippen LogP contribution in [0.15, 0.2) is 54.6 Å². The number of rotatable bonds is 6. The zero-order valence-corrected chi connectivity index (χ0v) is 17.4. The molecule has 156 valence electrons. The second-order valence-electron chi connectivity index (χ2n) is 8.37. The molecule has 0 aliphatic heterocycles. The Morgan fingerprint density at radius 3 is 2.33 bits per heavy atom. The second-order valence-corrected chi connectivity index (χ2v) is 8.37. The molecule has 0 radical (unpaired) electrons. The van der Waals surface area contributed by atoms with Gasteiger partial charge in [-0.1, -0.05) is 50.1 Å². The van der Waals surface area contributed by atoms with E-state index in [4.69, 9.17) is 0 Å². The lowest BCUT2D eigenvalue weighted by atomic mass is 9.79. The van der Waals surface area contributed by atoms with Gasteiger partial charge in [0.2, 0.25) is 0 Å². The number of halogens is 3. The van der Waals surface area contributed by atoms with Crippen molar-refractivity contribution in [2.24, 2.45) is 0 Å². The SMILES string of the molecule is CCCCCc1ccc(C2CCc3cc(-c4ccc(F)c(F)c4)c(F)cc3C2)cc1. The molecule has 3 aromatic rings. The minimum Gasteiger partial charge on any atom is -0.206 e. The lowest BCUT2D eigenvalue weighted by Gasteiger charge is -2.26. The molecule has 0 N–H and O–H groups in total. The van der Waals surface area contributed by atoms with Crippen molar-refractivity contribution in [1.82, 2.24) is 0 Å². The Bertz CT molecular complexity index is 1020. The quantitative estimate of drug-likeness (QED) is 0.365. The number of unbranched alkanes of at least 4 members (excludes halogenated alkanes) is 2. The predicted molar refractivity (Wildman–Crippen MR) is 116 cm³/mol. The first kappa shape index (κ1) is 20.7. The van der Waals surface area contributed by atoms with E-state index in [9.17, 15) is 13.2 Å². The van der Waals surface area contributed by atoms with Crippen molar-refractivity contribution in [1.29, 1.82) is 0 Å². The third kappa shape index (κ3) is 4.45. The van der Waals surface area contributed by atoms with Gasteiger partial charge >= 0.3 is 0 Å². The van der Waals surface area contributed by atoms with E-state index in [1.807, 2.05) is 6.07 Å². The van der Waals surface area contributed by atoms with Crippen LogP contribution in [0.5, 0.6) is 0 Å². The molecule has 0 heterocycles. The summed E-state index contributed by atoms with van der Waals surface area (Å²) >= 11 is 0. The summed E-state index contributed by atoms with van der Waals surface area (Å²) in [6.07, 6.45) is 7.51. The minimum absolute atomic E-state index is 0.336. The number of fused-ring (bicyclic) bond motifs is 1. The van der Waals surface area contributed by atoms with Crippen LogP contribution < -0.4 is 0 Å². The fraction of sp³-hybridized carbons (Fsp3) is 0.333. The fourth-order valence-electron chi connectivity index (χ4n) is 4.48. The average Bonchev–Trinajstić information content (AvgIpc) is 2.75. The Balaban J connectivity index is 1.51. The molecule has 0 fully saturated rings. The smallest absolute Gasteiger partial charge is 0.159 e. The van der Waals surface area contributed by atoms with E-state index in [-0.39, 0.29) is 5.82 Å². The van der Waals surface area contributed by atoms with E-state index in [2.05, 4.69) is 31.2 Å². The van der Waals surface area contributed by atoms with Crippen molar-refractivity contribution in [3.05, 3.63) is 94.3 Å². The molecular weight excluding hydrogens is 381 g/mol. The molecule has 0 spiro atoms. The monoisotopic (exact) mass is 408 g/mol. The van der Waals surface area contributed by atoms with Gasteiger partial charge in [0.15, 0.2) is 11.6 Å². The molecule has 1 atom stereocenters.